The maximum atomic E-state index is 5.38. The molecule has 1 N–H and O–H groups in total. The van der Waals surface area contributed by atoms with E-state index in [1.807, 2.05) is 0 Å². The minimum Gasteiger partial charge on any atom is -0.360 e. The van der Waals surface area contributed by atoms with E-state index in [-0.39, 0.29) is 0 Å². The van der Waals surface area contributed by atoms with Gasteiger partial charge in [0.1, 0.15) is 0 Å². The van der Waals surface area contributed by atoms with Crippen LogP contribution in [0.15, 0.2) is 10.6 Å². The normalized spacial score (nSPS) is 20.5. The lowest BCUT2D eigenvalue weighted by Crippen LogP contribution is -2.26. The molecule has 19 heavy (non-hydrogen) atoms. The fourth-order valence-corrected chi connectivity index (χ4v) is 2.71. The van der Waals surface area contributed by atoms with Gasteiger partial charge in [-0.15, -0.1) is 0 Å². The molecule has 0 radical (unpaired) electrons. The third kappa shape index (κ3) is 4.60. The van der Waals surface area contributed by atoms with Gasteiger partial charge >= 0.3 is 0 Å². The van der Waals surface area contributed by atoms with Crippen molar-refractivity contribution in [2.24, 2.45) is 5.92 Å². The monoisotopic (exact) mass is 266 g/mol. The Kier molecular flexibility index (Phi) is 5.36. The largest absolute Gasteiger partial charge is 0.360 e. The van der Waals surface area contributed by atoms with Gasteiger partial charge in [-0.1, -0.05) is 12.1 Å². The van der Waals surface area contributed by atoms with E-state index < -0.39 is 0 Å². The van der Waals surface area contributed by atoms with Gasteiger partial charge in [0.15, 0.2) is 5.76 Å². The Balaban J connectivity index is 1.75. The van der Waals surface area contributed by atoms with E-state index in [1.165, 1.54) is 19.5 Å². The molecule has 0 aromatic carbocycles. The summed E-state index contributed by atoms with van der Waals surface area (Å²) in [6.45, 7) is 8.26. The highest BCUT2D eigenvalue weighted by Crippen LogP contribution is 2.16. The Hall–Kier alpha value is -0.910. The molecule has 0 bridgehead atoms. The number of aromatic nitrogens is 1. The highest BCUT2D eigenvalue weighted by atomic mass is 16.5. The van der Waals surface area contributed by atoms with Crippen molar-refractivity contribution in [1.29, 1.82) is 0 Å². The van der Waals surface area contributed by atoms with Crippen LogP contribution < -0.4 is 5.32 Å². The second-order valence-corrected chi connectivity index (χ2v) is 5.68. The van der Waals surface area contributed by atoms with Crippen LogP contribution in [0.5, 0.6) is 0 Å². The van der Waals surface area contributed by atoms with Crippen LogP contribution in [0.25, 0.3) is 0 Å². The number of nitrogens with zero attached hydrogens (tertiary/aromatic N) is 3. The zero-order valence-electron chi connectivity index (χ0n) is 12.4. The average molecular weight is 266 g/mol. The molecule has 5 heteroatoms. The third-order valence-electron chi connectivity index (χ3n) is 3.65. The van der Waals surface area contributed by atoms with Gasteiger partial charge in [0.05, 0.1) is 12.2 Å². The summed E-state index contributed by atoms with van der Waals surface area (Å²) in [5.41, 5.74) is 0.992. The number of nitrogens with one attached hydrogen (secondary N) is 1. The summed E-state index contributed by atoms with van der Waals surface area (Å²) in [5, 5.41) is 7.33. The number of hydrogen-bond donors (Lipinski definition) is 1. The fourth-order valence-electron chi connectivity index (χ4n) is 2.71. The molecular formula is C14H26N4O. The van der Waals surface area contributed by atoms with Crippen molar-refractivity contribution in [3.8, 4) is 0 Å². The predicted octanol–water partition coefficient (Wildman–Crippen LogP) is 1.17. The van der Waals surface area contributed by atoms with E-state index in [2.05, 4.69) is 47.4 Å². The summed E-state index contributed by atoms with van der Waals surface area (Å²) < 4.78 is 5.38. The lowest BCUT2D eigenvalue weighted by molar-refractivity contribution is 0.236. The molecule has 1 saturated heterocycles. The number of likely N-dealkylation sites (tertiary alicyclic amines) is 1. The molecule has 108 valence electrons. The molecule has 1 unspecified atom stereocenters. The molecule has 1 aliphatic rings. The second kappa shape index (κ2) is 7.03. The smallest absolute Gasteiger partial charge is 0.151 e. The maximum Gasteiger partial charge on any atom is 0.151 e. The van der Waals surface area contributed by atoms with Gasteiger partial charge < -0.3 is 14.7 Å². The van der Waals surface area contributed by atoms with Gasteiger partial charge in [0, 0.05) is 25.7 Å². The van der Waals surface area contributed by atoms with Crippen molar-refractivity contribution in [3.63, 3.8) is 0 Å². The standard InChI is InChI=1S/C14H26N4O/c1-4-15-8-13-7-14(19-16-13)11-18(3)10-12-5-6-17(2)9-12/h7,12,15H,4-6,8-11H2,1-3H3. The molecule has 2 heterocycles. The molecule has 1 fully saturated rings. The molecule has 0 amide bonds. The van der Waals surface area contributed by atoms with Crippen molar-refractivity contribution in [2.45, 2.75) is 26.4 Å². The highest BCUT2D eigenvalue weighted by Gasteiger charge is 2.21. The predicted molar refractivity (Wildman–Crippen MR) is 75.8 cm³/mol. The van der Waals surface area contributed by atoms with Crippen molar-refractivity contribution in [1.82, 2.24) is 20.3 Å². The van der Waals surface area contributed by atoms with Gasteiger partial charge in [-0.05, 0) is 39.5 Å². The van der Waals surface area contributed by atoms with E-state index >= 15 is 0 Å². The van der Waals surface area contributed by atoms with Gasteiger partial charge in [-0.3, -0.25) is 4.90 Å². The first-order valence-corrected chi connectivity index (χ1v) is 7.19. The SMILES string of the molecule is CCNCc1cc(CN(C)CC2CCN(C)C2)on1. The van der Waals surface area contributed by atoms with E-state index in [0.29, 0.717) is 0 Å². The van der Waals surface area contributed by atoms with Crippen LogP contribution >= 0.6 is 0 Å². The van der Waals surface area contributed by atoms with Gasteiger partial charge in [-0.25, -0.2) is 0 Å². The molecule has 0 spiro atoms. The fraction of sp³-hybridized carbons (Fsp3) is 0.786. The summed E-state index contributed by atoms with van der Waals surface area (Å²) >= 11 is 0. The Morgan fingerprint density at radius 3 is 3.11 bits per heavy atom. The Labute approximate surface area is 115 Å². The van der Waals surface area contributed by atoms with Crippen molar-refractivity contribution in [2.75, 3.05) is 40.3 Å². The van der Waals surface area contributed by atoms with E-state index in [1.54, 1.807) is 0 Å². The van der Waals surface area contributed by atoms with Crippen LogP contribution in [0.3, 0.4) is 0 Å². The van der Waals surface area contributed by atoms with Gasteiger partial charge in [0.25, 0.3) is 0 Å². The Bertz CT molecular complexity index is 379. The van der Waals surface area contributed by atoms with Crippen LogP contribution in [0.4, 0.5) is 0 Å². The molecule has 1 aromatic heterocycles. The van der Waals surface area contributed by atoms with Crippen LogP contribution in [-0.2, 0) is 13.1 Å². The number of rotatable bonds is 7. The average Bonchev–Trinajstić information content (AvgIpc) is 2.96. The quantitative estimate of drug-likeness (QED) is 0.802. The Morgan fingerprint density at radius 2 is 2.42 bits per heavy atom. The van der Waals surface area contributed by atoms with E-state index in [9.17, 15) is 0 Å². The summed E-state index contributed by atoms with van der Waals surface area (Å²) in [4.78, 5) is 4.74. The zero-order valence-corrected chi connectivity index (χ0v) is 12.4. The minimum absolute atomic E-state index is 0.789. The van der Waals surface area contributed by atoms with Crippen molar-refractivity contribution < 1.29 is 4.52 Å². The molecule has 5 nitrogen and oxygen atoms in total. The Morgan fingerprint density at radius 1 is 1.58 bits per heavy atom. The summed E-state index contributed by atoms with van der Waals surface area (Å²) in [6.07, 6.45) is 1.31. The molecule has 1 aromatic rings. The molecule has 0 aliphatic carbocycles. The lowest BCUT2D eigenvalue weighted by atomic mass is 10.1. The summed E-state index contributed by atoms with van der Waals surface area (Å²) in [6, 6.07) is 2.06. The lowest BCUT2D eigenvalue weighted by Gasteiger charge is -2.19. The topological polar surface area (TPSA) is 44.5 Å². The first kappa shape index (κ1) is 14.5. The van der Waals surface area contributed by atoms with E-state index in [0.717, 1.165) is 43.6 Å². The van der Waals surface area contributed by atoms with Crippen LogP contribution in [0, 0.1) is 5.92 Å². The molecule has 1 aliphatic heterocycles. The molecule has 1 atom stereocenters. The van der Waals surface area contributed by atoms with Crippen molar-refractivity contribution >= 4 is 0 Å². The van der Waals surface area contributed by atoms with E-state index in [4.69, 9.17) is 4.52 Å². The van der Waals surface area contributed by atoms with Crippen LogP contribution in [-0.4, -0.2) is 55.2 Å². The second-order valence-electron chi connectivity index (χ2n) is 5.68. The van der Waals surface area contributed by atoms with Crippen LogP contribution in [0.2, 0.25) is 0 Å². The first-order chi connectivity index (χ1) is 9.17. The maximum absolute atomic E-state index is 5.38. The third-order valence-corrected chi connectivity index (χ3v) is 3.65. The zero-order chi connectivity index (χ0) is 13.7. The minimum atomic E-state index is 0.789. The van der Waals surface area contributed by atoms with Crippen LogP contribution in [0.1, 0.15) is 24.8 Å². The summed E-state index contributed by atoms with van der Waals surface area (Å²) in [7, 11) is 4.36. The first-order valence-electron chi connectivity index (χ1n) is 7.19. The molecule has 2 rings (SSSR count). The molecular weight excluding hydrogens is 240 g/mol. The summed E-state index contributed by atoms with van der Waals surface area (Å²) in [5.74, 6) is 1.75. The number of hydrogen-bond acceptors (Lipinski definition) is 5. The highest BCUT2D eigenvalue weighted by molar-refractivity contribution is 5.05. The van der Waals surface area contributed by atoms with Gasteiger partial charge in [-0.2, -0.15) is 0 Å². The van der Waals surface area contributed by atoms with Crippen molar-refractivity contribution in [3.05, 3.63) is 17.5 Å². The van der Waals surface area contributed by atoms with Gasteiger partial charge in [0.2, 0.25) is 0 Å². The molecule has 0 saturated carbocycles.